The predicted molar refractivity (Wildman–Crippen MR) is 111 cm³/mol. The van der Waals surface area contributed by atoms with E-state index in [2.05, 4.69) is 51.1 Å². The van der Waals surface area contributed by atoms with Crippen molar-refractivity contribution >= 4 is 41.4 Å². The Bertz CT molecular complexity index is 836. The second-order valence-corrected chi connectivity index (χ2v) is 8.49. The standard InChI is InChI=1S/C21H20N2.2ClH.Ti/c1-15-8-11-18(12-9-15)22-20-6-4-5-7-21(20)23-19-13-10-16(2)14-17(19)3;;;/h4-14H,1-3H3;2*1H;/q-2;;;+2/p-2. The van der Waals surface area contributed by atoms with Crippen molar-refractivity contribution in [2.24, 2.45) is 0 Å². The van der Waals surface area contributed by atoms with E-state index >= 15 is 0 Å². The number of hydrogen-bond acceptors (Lipinski definition) is 0. The predicted octanol–water partition coefficient (Wildman–Crippen LogP) is 8.66. The summed E-state index contributed by atoms with van der Waals surface area (Å²) >= 11 is -0.556. The molecule has 134 valence electrons. The van der Waals surface area contributed by atoms with Gasteiger partial charge in [0.05, 0.1) is 0 Å². The second kappa shape index (κ2) is 10.6. The zero-order chi connectivity index (χ0) is 18.9. The molecule has 5 heteroatoms. The summed E-state index contributed by atoms with van der Waals surface area (Å²) in [6, 6.07) is 22.5. The van der Waals surface area contributed by atoms with Crippen LogP contribution in [0.3, 0.4) is 0 Å². The number of halogens is 2. The second-order valence-electron chi connectivity index (χ2n) is 5.91. The van der Waals surface area contributed by atoms with Crippen molar-refractivity contribution < 1.29 is 17.0 Å². The van der Waals surface area contributed by atoms with Crippen LogP contribution in [-0.4, -0.2) is 0 Å². The summed E-state index contributed by atoms with van der Waals surface area (Å²) in [5.74, 6) is 0. The fraction of sp³-hybridized carbons (Fsp3) is 0.143. The van der Waals surface area contributed by atoms with Crippen LogP contribution >= 0.6 is 18.6 Å². The first-order valence-electron chi connectivity index (χ1n) is 8.16. The van der Waals surface area contributed by atoms with Crippen LogP contribution in [-0.2, 0) is 17.0 Å². The van der Waals surface area contributed by atoms with Gasteiger partial charge in [0.2, 0.25) is 0 Å². The van der Waals surface area contributed by atoms with Gasteiger partial charge in [-0.25, -0.2) is 0 Å². The number of nitrogens with zero attached hydrogens (tertiary/aromatic N) is 2. The number of para-hydroxylation sites is 2. The van der Waals surface area contributed by atoms with Crippen LogP contribution in [0.15, 0.2) is 66.7 Å². The van der Waals surface area contributed by atoms with Gasteiger partial charge in [-0.3, -0.25) is 0 Å². The van der Waals surface area contributed by atoms with Crippen LogP contribution in [0.4, 0.5) is 22.7 Å². The molecule has 0 N–H and O–H groups in total. The number of aryl methyl sites for hydroxylation is 3. The first-order valence-corrected chi connectivity index (χ1v) is 12.5. The summed E-state index contributed by atoms with van der Waals surface area (Å²) < 4.78 is 0. The molecule has 2 nitrogen and oxygen atoms in total. The molecule has 3 rings (SSSR count). The van der Waals surface area contributed by atoms with Gasteiger partial charge in [-0.05, 0) is 20.8 Å². The van der Waals surface area contributed by atoms with Crippen molar-refractivity contribution in [1.29, 1.82) is 0 Å². The van der Waals surface area contributed by atoms with E-state index in [1.807, 2.05) is 36.4 Å². The van der Waals surface area contributed by atoms with E-state index in [1.54, 1.807) is 0 Å². The van der Waals surface area contributed by atoms with Crippen molar-refractivity contribution in [3.05, 3.63) is 94.1 Å². The van der Waals surface area contributed by atoms with Crippen molar-refractivity contribution in [2.75, 3.05) is 0 Å². The van der Waals surface area contributed by atoms with E-state index in [1.165, 1.54) is 16.7 Å². The monoisotopic (exact) mass is 418 g/mol. The minimum absolute atomic E-state index is 0.556. The zero-order valence-electron chi connectivity index (χ0n) is 15.0. The van der Waals surface area contributed by atoms with Crippen LogP contribution in [0.2, 0.25) is 0 Å². The molecule has 0 aliphatic carbocycles. The van der Waals surface area contributed by atoms with E-state index in [4.69, 9.17) is 29.2 Å². The fourth-order valence-electron chi connectivity index (χ4n) is 2.47. The molecule has 0 saturated heterocycles. The van der Waals surface area contributed by atoms with Gasteiger partial charge in [0, 0.05) is 0 Å². The van der Waals surface area contributed by atoms with Crippen LogP contribution in [0.25, 0.3) is 10.6 Å². The normalized spacial score (nSPS) is 9.73. The summed E-state index contributed by atoms with van der Waals surface area (Å²) in [5.41, 5.74) is 7.36. The summed E-state index contributed by atoms with van der Waals surface area (Å²) in [6.45, 7) is 6.26. The molecule has 26 heavy (non-hydrogen) atoms. The first kappa shape index (κ1) is 20.9. The molecule has 0 unspecified atom stereocenters. The molecule has 3 aromatic carbocycles. The Morgan fingerprint density at radius 3 is 1.77 bits per heavy atom. The van der Waals surface area contributed by atoms with Gasteiger partial charge in [0.1, 0.15) is 0 Å². The molecule has 0 aromatic heterocycles. The van der Waals surface area contributed by atoms with Crippen molar-refractivity contribution in [1.82, 2.24) is 0 Å². The molecular formula is C21H20Cl2N2Ti-2. The molecule has 0 saturated carbocycles. The van der Waals surface area contributed by atoms with Gasteiger partial charge < -0.3 is 10.6 Å². The Morgan fingerprint density at radius 1 is 0.654 bits per heavy atom. The molecule has 0 radical (unpaired) electrons. The first-order chi connectivity index (χ1) is 12.5. The fourth-order valence-corrected chi connectivity index (χ4v) is 2.47. The summed E-state index contributed by atoms with van der Waals surface area (Å²) in [4.78, 5) is 0. The van der Waals surface area contributed by atoms with E-state index in [0.717, 1.165) is 22.7 Å². The van der Waals surface area contributed by atoms with Gasteiger partial charge in [-0.1, -0.05) is 83.4 Å². The Hall–Kier alpha value is -1.45. The van der Waals surface area contributed by atoms with Gasteiger partial charge in [-0.15, -0.1) is 11.4 Å². The van der Waals surface area contributed by atoms with E-state index in [0.29, 0.717) is 0 Å². The third-order valence-electron chi connectivity index (χ3n) is 3.76. The molecule has 0 heterocycles. The molecule has 0 spiro atoms. The minimum atomic E-state index is -0.556. The number of rotatable bonds is 4. The molecule has 0 atom stereocenters. The third kappa shape index (κ3) is 6.37. The molecule has 0 fully saturated rings. The number of hydrogen-bond donors (Lipinski definition) is 0. The van der Waals surface area contributed by atoms with E-state index in [-0.39, 0.29) is 0 Å². The van der Waals surface area contributed by atoms with Gasteiger partial charge in [0.15, 0.2) is 0 Å². The molecule has 0 bridgehead atoms. The maximum atomic E-state index is 4.89. The van der Waals surface area contributed by atoms with Crippen LogP contribution in [0.5, 0.6) is 0 Å². The Morgan fingerprint density at radius 2 is 1.19 bits per heavy atom. The van der Waals surface area contributed by atoms with Crippen molar-refractivity contribution in [2.45, 2.75) is 20.8 Å². The third-order valence-corrected chi connectivity index (χ3v) is 3.76. The van der Waals surface area contributed by atoms with Gasteiger partial charge >= 0.3 is 35.6 Å². The van der Waals surface area contributed by atoms with E-state index < -0.39 is 17.0 Å². The average molecular weight is 419 g/mol. The average Bonchev–Trinajstić information content (AvgIpc) is 2.61. The van der Waals surface area contributed by atoms with E-state index in [9.17, 15) is 0 Å². The van der Waals surface area contributed by atoms with Crippen LogP contribution in [0.1, 0.15) is 16.7 Å². The molecule has 3 aromatic rings. The SMILES string of the molecule is Cc1ccc([N-]c2ccccc2[N-]c2ccc(C)cc2C)cc1.[Cl][Ti][Cl]. The Balaban J connectivity index is 0.000000758. The van der Waals surface area contributed by atoms with Crippen LogP contribution in [0, 0.1) is 20.8 Å². The van der Waals surface area contributed by atoms with Crippen molar-refractivity contribution in [3.63, 3.8) is 0 Å². The quantitative estimate of drug-likeness (QED) is 0.379. The molecular weight excluding hydrogens is 399 g/mol. The summed E-state index contributed by atoms with van der Waals surface area (Å²) in [5, 5.41) is 9.53. The maximum absolute atomic E-state index is 4.89. The number of benzene rings is 3. The van der Waals surface area contributed by atoms with Gasteiger partial charge in [0.25, 0.3) is 0 Å². The molecule has 0 amide bonds. The van der Waals surface area contributed by atoms with Crippen LogP contribution < -0.4 is 0 Å². The topological polar surface area (TPSA) is 28.2 Å². The Labute approximate surface area is 172 Å². The molecule has 0 aliphatic heterocycles. The summed E-state index contributed by atoms with van der Waals surface area (Å²) in [6.07, 6.45) is 0. The Kier molecular flexibility index (Phi) is 8.54. The van der Waals surface area contributed by atoms with Crippen molar-refractivity contribution in [3.8, 4) is 0 Å². The molecule has 0 aliphatic rings. The van der Waals surface area contributed by atoms with Gasteiger partial charge in [-0.2, -0.15) is 11.4 Å². The zero-order valence-corrected chi connectivity index (χ0v) is 18.1. The summed E-state index contributed by atoms with van der Waals surface area (Å²) in [7, 11) is 9.78.